The van der Waals surface area contributed by atoms with Crippen LogP contribution in [-0.2, 0) is 6.61 Å². The zero-order valence-electron chi connectivity index (χ0n) is 15.4. The molecule has 24 heavy (non-hydrogen) atoms. The van der Waals surface area contributed by atoms with Crippen LogP contribution in [0.3, 0.4) is 0 Å². The van der Waals surface area contributed by atoms with Crippen LogP contribution in [-0.4, -0.2) is 28.6 Å². The molecule has 0 aliphatic heterocycles. The van der Waals surface area contributed by atoms with Gasteiger partial charge in [-0.3, -0.25) is 4.90 Å². The molecule has 1 radical (unpaired) electrons. The summed E-state index contributed by atoms with van der Waals surface area (Å²) in [6, 6.07) is 21.1. The van der Waals surface area contributed by atoms with E-state index in [-0.39, 0.29) is 6.61 Å². The molecule has 0 amide bonds. The zero-order valence-corrected chi connectivity index (χ0v) is 15.4. The van der Waals surface area contributed by atoms with Crippen LogP contribution in [0.1, 0.15) is 56.7 Å². The van der Waals surface area contributed by atoms with E-state index in [0.717, 1.165) is 18.5 Å². The van der Waals surface area contributed by atoms with Crippen molar-refractivity contribution in [3.63, 3.8) is 0 Å². The summed E-state index contributed by atoms with van der Waals surface area (Å²) in [5, 5.41) is 9.46. The number of aliphatic hydroxyl groups is 1. The molecule has 2 aromatic carbocycles. The second kappa shape index (κ2) is 9.00. The summed E-state index contributed by atoms with van der Waals surface area (Å²) in [4.78, 5) is 2.53. The van der Waals surface area contributed by atoms with Gasteiger partial charge in [0.25, 0.3) is 0 Å². The summed E-state index contributed by atoms with van der Waals surface area (Å²) < 4.78 is 0. The summed E-state index contributed by atoms with van der Waals surface area (Å²) in [5.41, 5.74) is 3.44. The highest BCUT2D eigenvalue weighted by Gasteiger charge is 2.19. The van der Waals surface area contributed by atoms with Crippen LogP contribution in [0.25, 0.3) is 0 Å². The highest BCUT2D eigenvalue weighted by atomic mass is 16.3. The summed E-state index contributed by atoms with van der Waals surface area (Å²) >= 11 is 0. The van der Waals surface area contributed by atoms with Crippen LogP contribution in [0.5, 0.6) is 0 Å². The summed E-state index contributed by atoms with van der Waals surface area (Å²) in [6.45, 7) is 10.2. The van der Waals surface area contributed by atoms with E-state index >= 15 is 0 Å². The summed E-state index contributed by atoms with van der Waals surface area (Å²) in [5.74, 6) is 0.303. The fourth-order valence-corrected chi connectivity index (χ4v) is 3.41. The topological polar surface area (TPSA) is 23.5 Å². The minimum atomic E-state index is 0.0767. The maximum Gasteiger partial charge on any atom is 0.0681 e. The molecule has 0 spiro atoms. The van der Waals surface area contributed by atoms with Gasteiger partial charge in [0, 0.05) is 18.0 Å². The van der Waals surface area contributed by atoms with Crippen molar-refractivity contribution in [1.82, 2.24) is 4.90 Å². The second-order valence-electron chi connectivity index (χ2n) is 6.99. The van der Waals surface area contributed by atoms with Crippen molar-refractivity contribution in [2.45, 2.75) is 58.7 Å². The molecular formula is C22H30NO. The molecule has 0 aromatic heterocycles. The first-order chi connectivity index (χ1) is 11.5. The molecule has 129 valence electrons. The van der Waals surface area contributed by atoms with Gasteiger partial charge in [-0.1, -0.05) is 48.5 Å². The first-order valence-corrected chi connectivity index (χ1v) is 8.95. The Morgan fingerprint density at radius 2 is 1.67 bits per heavy atom. The van der Waals surface area contributed by atoms with Gasteiger partial charge in [0.15, 0.2) is 0 Å². The maximum atomic E-state index is 9.46. The van der Waals surface area contributed by atoms with Crippen LogP contribution < -0.4 is 0 Å². The normalized spacial score (nSPS) is 13.0. The van der Waals surface area contributed by atoms with E-state index in [1.165, 1.54) is 11.1 Å². The highest BCUT2D eigenvalue weighted by molar-refractivity contribution is 5.34. The van der Waals surface area contributed by atoms with Crippen molar-refractivity contribution in [1.29, 1.82) is 0 Å². The average Bonchev–Trinajstić information content (AvgIpc) is 2.59. The van der Waals surface area contributed by atoms with Crippen LogP contribution >= 0.6 is 0 Å². The van der Waals surface area contributed by atoms with Gasteiger partial charge in [-0.05, 0) is 63.4 Å². The van der Waals surface area contributed by atoms with Crippen molar-refractivity contribution in [3.05, 3.63) is 71.3 Å². The zero-order chi connectivity index (χ0) is 17.5. The molecule has 2 nitrogen and oxygen atoms in total. The molecule has 0 aliphatic rings. The molecule has 0 saturated heterocycles. The number of hydrogen-bond donors (Lipinski definition) is 1. The highest BCUT2D eigenvalue weighted by Crippen LogP contribution is 2.29. The van der Waals surface area contributed by atoms with E-state index in [4.69, 9.17) is 0 Å². The van der Waals surface area contributed by atoms with Gasteiger partial charge >= 0.3 is 0 Å². The lowest BCUT2D eigenvalue weighted by molar-refractivity contribution is 0.170. The van der Waals surface area contributed by atoms with E-state index < -0.39 is 0 Å². The van der Waals surface area contributed by atoms with Crippen LogP contribution in [0.4, 0.5) is 0 Å². The van der Waals surface area contributed by atoms with Crippen LogP contribution in [0.15, 0.2) is 48.5 Å². The number of aliphatic hydroxyl groups excluding tert-OH is 1. The van der Waals surface area contributed by atoms with E-state index in [1.54, 1.807) is 0 Å². The molecule has 1 atom stereocenters. The molecule has 0 fully saturated rings. The minimum absolute atomic E-state index is 0.0767. The number of benzene rings is 2. The quantitative estimate of drug-likeness (QED) is 0.766. The first-order valence-electron chi connectivity index (χ1n) is 8.95. The van der Waals surface area contributed by atoms with Gasteiger partial charge in [-0.15, -0.1) is 0 Å². The van der Waals surface area contributed by atoms with E-state index in [9.17, 15) is 5.11 Å². The molecule has 0 saturated carbocycles. The fourth-order valence-electron chi connectivity index (χ4n) is 3.41. The SMILES string of the molecule is CC(C)N(CCC(c1[c]ccc(CO)c1)c1ccccc1)C(C)C. The van der Waals surface area contributed by atoms with Gasteiger partial charge in [0.05, 0.1) is 6.61 Å². The fraction of sp³-hybridized carbons (Fsp3) is 0.455. The predicted molar refractivity (Wildman–Crippen MR) is 101 cm³/mol. The Morgan fingerprint density at radius 3 is 2.25 bits per heavy atom. The Hall–Kier alpha value is -1.64. The molecule has 0 aliphatic carbocycles. The molecule has 1 N–H and O–H groups in total. The lowest BCUT2D eigenvalue weighted by Crippen LogP contribution is -2.38. The standard InChI is InChI=1S/C22H30NO/c1-17(2)23(18(3)4)14-13-22(20-10-6-5-7-11-20)21-12-8-9-19(15-21)16-24/h5-11,15,17-18,22,24H,13-14,16H2,1-4H3. The van der Waals surface area contributed by atoms with Crippen LogP contribution in [0, 0.1) is 6.07 Å². The third-order valence-corrected chi connectivity index (χ3v) is 4.65. The Bertz CT molecular complexity index is 598. The third-order valence-electron chi connectivity index (χ3n) is 4.65. The lowest BCUT2D eigenvalue weighted by atomic mass is 9.87. The molecule has 1 unspecified atom stereocenters. The van der Waals surface area contributed by atoms with Crippen molar-refractivity contribution in [2.24, 2.45) is 0 Å². The summed E-state index contributed by atoms with van der Waals surface area (Å²) in [6.07, 6.45) is 1.05. The molecule has 0 bridgehead atoms. The molecular weight excluding hydrogens is 294 g/mol. The smallest absolute Gasteiger partial charge is 0.0681 e. The van der Waals surface area contributed by atoms with E-state index in [1.807, 2.05) is 12.1 Å². The Balaban J connectivity index is 2.27. The van der Waals surface area contributed by atoms with Crippen molar-refractivity contribution in [2.75, 3.05) is 6.54 Å². The maximum absolute atomic E-state index is 9.46. The molecule has 2 rings (SSSR count). The lowest BCUT2D eigenvalue weighted by Gasteiger charge is -2.32. The number of hydrogen-bond acceptors (Lipinski definition) is 2. The van der Waals surface area contributed by atoms with Crippen molar-refractivity contribution in [3.8, 4) is 0 Å². The third kappa shape index (κ3) is 4.93. The average molecular weight is 324 g/mol. The van der Waals surface area contributed by atoms with Crippen molar-refractivity contribution < 1.29 is 5.11 Å². The molecule has 2 aromatic rings. The minimum Gasteiger partial charge on any atom is -0.392 e. The Morgan fingerprint density at radius 1 is 1.00 bits per heavy atom. The second-order valence-corrected chi connectivity index (χ2v) is 6.99. The van der Waals surface area contributed by atoms with Gasteiger partial charge in [0.1, 0.15) is 0 Å². The van der Waals surface area contributed by atoms with E-state index in [0.29, 0.717) is 18.0 Å². The Kier molecular flexibility index (Phi) is 7.01. The predicted octanol–water partition coefficient (Wildman–Crippen LogP) is 4.62. The van der Waals surface area contributed by atoms with Gasteiger partial charge in [-0.25, -0.2) is 0 Å². The summed E-state index contributed by atoms with van der Waals surface area (Å²) in [7, 11) is 0. The van der Waals surface area contributed by atoms with Gasteiger partial charge < -0.3 is 5.11 Å². The monoisotopic (exact) mass is 324 g/mol. The number of rotatable bonds is 8. The van der Waals surface area contributed by atoms with E-state index in [2.05, 4.69) is 75.1 Å². The van der Waals surface area contributed by atoms with Gasteiger partial charge in [0.2, 0.25) is 0 Å². The molecule has 2 heteroatoms. The van der Waals surface area contributed by atoms with Crippen LogP contribution in [0.2, 0.25) is 0 Å². The Labute approximate surface area is 147 Å². The number of nitrogens with zero attached hydrogens (tertiary/aromatic N) is 1. The van der Waals surface area contributed by atoms with Crippen molar-refractivity contribution >= 4 is 0 Å². The molecule has 0 heterocycles. The largest absolute Gasteiger partial charge is 0.392 e. The van der Waals surface area contributed by atoms with Gasteiger partial charge in [-0.2, -0.15) is 0 Å². The first kappa shape index (κ1) is 18.7.